The fraction of sp³-hybridized carbons (Fsp3) is 0.583. The van der Waals surface area contributed by atoms with E-state index >= 15 is 0 Å². The number of carbonyl (C=O) groups excluding carboxylic acids is 1. The molecule has 1 amide bonds. The number of likely N-dealkylation sites (N-methyl/N-ethyl adjacent to an activating group) is 1. The topological polar surface area (TPSA) is 38.3 Å². The van der Waals surface area contributed by atoms with Gasteiger partial charge in [-0.3, -0.25) is 4.79 Å². The highest BCUT2D eigenvalue weighted by Crippen LogP contribution is 2.16. The standard InChI is InChI=1S/C10H15NO2.C2H6/c1-8-4-3-5-9(6-8)13-7-10(12)11-2;1-2/h5-6H,3-4,7H2,1-2H3,(H,11,12);1-2H3. The first kappa shape index (κ1) is 13.8. The zero-order chi connectivity index (χ0) is 11.7. The van der Waals surface area contributed by atoms with Gasteiger partial charge in [-0.15, -0.1) is 0 Å². The molecule has 3 heteroatoms. The minimum Gasteiger partial charge on any atom is -0.484 e. The van der Waals surface area contributed by atoms with Crippen LogP contribution < -0.4 is 5.32 Å². The van der Waals surface area contributed by atoms with E-state index < -0.39 is 0 Å². The number of ether oxygens (including phenoxy) is 1. The van der Waals surface area contributed by atoms with E-state index in [1.165, 1.54) is 5.57 Å². The van der Waals surface area contributed by atoms with E-state index in [4.69, 9.17) is 4.74 Å². The third-order valence-electron chi connectivity index (χ3n) is 1.92. The van der Waals surface area contributed by atoms with E-state index in [2.05, 4.69) is 12.2 Å². The molecule has 0 heterocycles. The molecule has 0 radical (unpaired) electrons. The maximum atomic E-state index is 10.9. The van der Waals surface area contributed by atoms with Crippen molar-refractivity contribution in [2.45, 2.75) is 33.6 Å². The van der Waals surface area contributed by atoms with Crippen molar-refractivity contribution in [2.24, 2.45) is 0 Å². The van der Waals surface area contributed by atoms with Gasteiger partial charge in [0.1, 0.15) is 5.76 Å². The lowest BCUT2D eigenvalue weighted by Gasteiger charge is -2.11. The highest BCUT2D eigenvalue weighted by atomic mass is 16.5. The number of rotatable bonds is 3. The van der Waals surface area contributed by atoms with Crippen LogP contribution in [-0.2, 0) is 9.53 Å². The highest BCUT2D eigenvalue weighted by molar-refractivity contribution is 5.76. The summed E-state index contributed by atoms with van der Waals surface area (Å²) in [6.45, 7) is 6.17. The predicted octanol–water partition coefficient (Wildman–Crippen LogP) is 2.40. The van der Waals surface area contributed by atoms with Crippen molar-refractivity contribution in [1.29, 1.82) is 0 Å². The minimum absolute atomic E-state index is 0.0995. The van der Waals surface area contributed by atoms with Crippen LogP contribution in [-0.4, -0.2) is 19.6 Å². The van der Waals surface area contributed by atoms with Crippen molar-refractivity contribution in [3.63, 3.8) is 0 Å². The van der Waals surface area contributed by atoms with Crippen LogP contribution in [0.1, 0.15) is 33.6 Å². The molecule has 1 aliphatic rings. The zero-order valence-electron chi connectivity index (χ0n) is 10.1. The molecule has 15 heavy (non-hydrogen) atoms. The normalized spacial score (nSPS) is 14.1. The van der Waals surface area contributed by atoms with E-state index in [1.807, 2.05) is 26.0 Å². The molecule has 0 saturated heterocycles. The van der Waals surface area contributed by atoms with E-state index in [0.29, 0.717) is 0 Å². The second-order valence-electron chi connectivity index (χ2n) is 3.10. The molecule has 0 aliphatic heterocycles. The summed E-state index contributed by atoms with van der Waals surface area (Å²) in [6.07, 6.45) is 6.08. The molecule has 0 aromatic carbocycles. The van der Waals surface area contributed by atoms with E-state index in [9.17, 15) is 4.79 Å². The minimum atomic E-state index is -0.0995. The monoisotopic (exact) mass is 211 g/mol. The molecule has 0 fully saturated rings. The van der Waals surface area contributed by atoms with Crippen LogP contribution in [0.25, 0.3) is 0 Å². The quantitative estimate of drug-likeness (QED) is 0.778. The van der Waals surface area contributed by atoms with Gasteiger partial charge in [0.15, 0.2) is 6.61 Å². The molecule has 0 aromatic rings. The molecule has 0 unspecified atom stereocenters. The lowest BCUT2D eigenvalue weighted by Crippen LogP contribution is -2.23. The summed E-state index contributed by atoms with van der Waals surface area (Å²) in [5, 5.41) is 2.50. The van der Waals surface area contributed by atoms with Gasteiger partial charge >= 0.3 is 0 Å². The Bertz CT molecular complexity index is 254. The molecule has 3 nitrogen and oxygen atoms in total. The van der Waals surface area contributed by atoms with Gasteiger partial charge in [-0.05, 0) is 31.9 Å². The van der Waals surface area contributed by atoms with Crippen LogP contribution in [0.15, 0.2) is 23.5 Å². The van der Waals surface area contributed by atoms with Gasteiger partial charge in [-0.25, -0.2) is 0 Å². The maximum Gasteiger partial charge on any atom is 0.257 e. The first-order valence-corrected chi connectivity index (χ1v) is 5.43. The van der Waals surface area contributed by atoms with Gasteiger partial charge in [-0.1, -0.05) is 19.4 Å². The van der Waals surface area contributed by atoms with Crippen molar-refractivity contribution in [1.82, 2.24) is 5.32 Å². The van der Waals surface area contributed by atoms with Gasteiger partial charge in [0.25, 0.3) is 5.91 Å². The van der Waals surface area contributed by atoms with Crippen LogP contribution in [0.2, 0.25) is 0 Å². The SMILES string of the molecule is CC.CNC(=O)COC1=CCCC(C)=C1. The van der Waals surface area contributed by atoms with Gasteiger partial charge in [-0.2, -0.15) is 0 Å². The number of hydrogen-bond donors (Lipinski definition) is 1. The summed E-state index contributed by atoms with van der Waals surface area (Å²) in [5.41, 5.74) is 1.30. The summed E-state index contributed by atoms with van der Waals surface area (Å²) in [4.78, 5) is 10.9. The molecule has 86 valence electrons. The van der Waals surface area contributed by atoms with Crippen LogP contribution in [0.3, 0.4) is 0 Å². The molecule has 0 aromatic heterocycles. The van der Waals surface area contributed by atoms with Crippen LogP contribution >= 0.6 is 0 Å². The summed E-state index contributed by atoms with van der Waals surface area (Å²) in [6, 6.07) is 0. The Labute approximate surface area is 92.2 Å². The van der Waals surface area contributed by atoms with Gasteiger partial charge in [0, 0.05) is 7.05 Å². The summed E-state index contributed by atoms with van der Waals surface area (Å²) in [5.74, 6) is 0.713. The maximum absolute atomic E-state index is 10.9. The third kappa shape index (κ3) is 5.94. The van der Waals surface area contributed by atoms with Gasteiger partial charge in [0.05, 0.1) is 0 Å². The van der Waals surface area contributed by atoms with Crippen LogP contribution in [0.4, 0.5) is 0 Å². The number of hydrogen-bond acceptors (Lipinski definition) is 2. The molecule has 0 atom stereocenters. The van der Waals surface area contributed by atoms with E-state index in [1.54, 1.807) is 7.05 Å². The summed E-state index contributed by atoms with van der Waals surface area (Å²) < 4.78 is 5.28. The molecule has 0 spiro atoms. The second-order valence-corrected chi connectivity index (χ2v) is 3.10. The summed E-state index contributed by atoms with van der Waals surface area (Å²) >= 11 is 0. The van der Waals surface area contributed by atoms with E-state index in [-0.39, 0.29) is 12.5 Å². The van der Waals surface area contributed by atoms with E-state index in [0.717, 1.165) is 18.6 Å². The second kappa shape index (κ2) is 8.09. The first-order chi connectivity index (χ1) is 7.22. The lowest BCUT2D eigenvalue weighted by molar-refractivity contribution is -0.123. The van der Waals surface area contributed by atoms with Crippen molar-refractivity contribution in [2.75, 3.05) is 13.7 Å². The molecule has 1 aliphatic carbocycles. The fourth-order valence-electron chi connectivity index (χ4n) is 1.14. The average molecular weight is 211 g/mol. The Morgan fingerprint density at radius 1 is 1.53 bits per heavy atom. The Morgan fingerprint density at radius 2 is 2.20 bits per heavy atom. The Kier molecular flexibility index (Phi) is 7.42. The Hall–Kier alpha value is -1.25. The number of nitrogens with one attached hydrogen (secondary N) is 1. The predicted molar refractivity (Wildman–Crippen MR) is 62.4 cm³/mol. The largest absolute Gasteiger partial charge is 0.484 e. The molecular weight excluding hydrogens is 190 g/mol. The molecule has 1 rings (SSSR count). The fourth-order valence-corrected chi connectivity index (χ4v) is 1.14. The van der Waals surface area contributed by atoms with Crippen LogP contribution in [0, 0.1) is 0 Å². The summed E-state index contributed by atoms with van der Waals surface area (Å²) in [7, 11) is 1.60. The molecule has 0 saturated carbocycles. The number of carbonyl (C=O) groups is 1. The highest BCUT2D eigenvalue weighted by Gasteiger charge is 2.04. The number of amides is 1. The van der Waals surface area contributed by atoms with Crippen molar-refractivity contribution in [3.05, 3.63) is 23.5 Å². The molecule has 1 N–H and O–H groups in total. The van der Waals surface area contributed by atoms with Crippen molar-refractivity contribution in [3.8, 4) is 0 Å². The first-order valence-electron chi connectivity index (χ1n) is 5.43. The Balaban J connectivity index is 0.000000921. The Morgan fingerprint density at radius 3 is 2.73 bits per heavy atom. The van der Waals surface area contributed by atoms with Crippen molar-refractivity contribution >= 4 is 5.91 Å². The van der Waals surface area contributed by atoms with Crippen LogP contribution in [0.5, 0.6) is 0 Å². The molecular formula is C12H21NO2. The van der Waals surface area contributed by atoms with Gasteiger partial charge < -0.3 is 10.1 Å². The van der Waals surface area contributed by atoms with Crippen molar-refractivity contribution < 1.29 is 9.53 Å². The van der Waals surface area contributed by atoms with Gasteiger partial charge in [0.2, 0.25) is 0 Å². The zero-order valence-corrected chi connectivity index (χ0v) is 10.1. The smallest absolute Gasteiger partial charge is 0.257 e. The molecule has 0 bridgehead atoms. The number of allylic oxidation sites excluding steroid dienone is 3. The third-order valence-corrected chi connectivity index (χ3v) is 1.92. The average Bonchev–Trinajstić information content (AvgIpc) is 2.29. The lowest BCUT2D eigenvalue weighted by atomic mass is 10.1.